The first-order chi connectivity index (χ1) is 11.6. The summed E-state index contributed by atoms with van der Waals surface area (Å²) in [6, 6.07) is 12.6. The summed E-state index contributed by atoms with van der Waals surface area (Å²) >= 11 is 0. The molecular weight excluding hydrogens is 302 g/mol. The lowest BCUT2D eigenvalue weighted by molar-refractivity contribution is -0.127. The van der Waals surface area contributed by atoms with Gasteiger partial charge in [0, 0.05) is 18.3 Å². The van der Waals surface area contributed by atoms with Crippen LogP contribution in [0.4, 0.5) is 0 Å². The van der Waals surface area contributed by atoms with E-state index in [9.17, 15) is 9.59 Å². The highest BCUT2D eigenvalue weighted by atomic mass is 16.2. The smallest absolute Gasteiger partial charge is 0.255 e. The number of pyridine rings is 1. The molecule has 24 heavy (non-hydrogen) atoms. The van der Waals surface area contributed by atoms with E-state index in [1.807, 2.05) is 56.3 Å². The quantitative estimate of drug-likeness (QED) is 0.919. The molecule has 1 aliphatic heterocycles. The minimum atomic E-state index is -0.492. The standard InChI is InChI=1S/C19H21N3O2/c1-13(2)17(18(23)21-11-15-8-5-6-10-20-15)22-12-14-7-3-4-9-16(14)19(22)24/h3-10,13,17H,11-12H2,1-2H3,(H,21,23). The molecule has 5 heteroatoms. The van der Waals surface area contributed by atoms with Gasteiger partial charge < -0.3 is 10.2 Å². The molecule has 1 aromatic heterocycles. The fraction of sp³-hybridized carbons (Fsp3) is 0.316. The summed E-state index contributed by atoms with van der Waals surface area (Å²) in [5, 5.41) is 2.91. The molecule has 1 N–H and O–H groups in total. The van der Waals surface area contributed by atoms with Crippen LogP contribution in [0.25, 0.3) is 0 Å². The predicted octanol–water partition coefficient (Wildman–Crippen LogP) is 2.38. The van der Waals surface area contributed by atoms with E-state index in [1.165, 1.54) is 0 Å². The Balaban J connectivity index is 1.74. The summed E-state index contributed by atoms with van der Waals surface area (Å²) in [6.07, 6.45) is 1.70. The zero-order valence-electron chi connectivity index (χ0n) is 13.9. The molecule has 0 spiro atoms. The molecule has 2 aromatic rings. The van der Waals surface area contributed by atoms with Crippen molar-refractivity contribution in [2.75, 3.05) is 0 Å². The molecule has 0 saturated carbocycles. The zero-order valence-corrected chi connectivity index (χ0v) is 13.9. The van der Waals surface area contributed by atoms with Gasteiger partial charge >= 0.3 is 0 Å². The van der Waals surface area contributed by atoms with Gasteiger partial charge in [0.2, 0.25) is 5.91 Å². The van der Waals surface area contributed by atoms with Crippen molar-refractivity contribution in [3.63, 3.8) is 0 Å². The molecule has 0 aliphatic carbocycles. The van der Waals surface area contributed by atoms with E-state index < -0.39 is 6.04 Å². The van der Waals surface area contributed by atoms with E-state index in [0.717, 1.165) is 11.3 Å². The molecule has 0 radical (unpaired) electrons. The Bertz CT molecular complexity index is 743. The Morgan fingerprint density at radius 2 is 1.96 bits per heavy atom. The number of rotatable bonds is 5. The van der Waals surface area contributed by atoms with Crippen molar-refractivity contribution in [3.05, 3.63) is 65.5 Å². The van der Waals surface area contributed by atoms with Crippen molar-refractivity contribution in [1.82, 2.24) is 15.2 Å². The molecule has 1 unspecified atom stereocenters. The topological polar surface area (TPSA) is 62.3 Å². The van der Waals surface area contributed by atoms with Crippen LogP contribution in [0.1, 0.15) is 35.5 Å². The molecule has 124 valence electrons. The van der Waals surface area contributed by atoms with Crippen LogP contribution in [0.15, 0.2) is 48.7 Å². The Kier molecular flexibility index (Phi) is 4.60. The number of amides is 2. The molecule has 1 aromatic carbocycles. The first-order valence-corrected chi connectivity index (χ1v) is 8.14. The van der Waals surface area contributed by atoms with Crippen molar-refractivity contribution in [3.8, 4) is 0 Å². The minimum absolute atomic E-state index is 0.0204. The maximum atomic E-state index is 12.7. The summed E-state index contributed by atoms with van der Waals surface area (Å²) in [6.45, 7) is 4.76. The van der Waals surface area contributed by atoms with Gasteiger partial charge in [0.15, 0.2) is 0 Å². The van der Waals surface area contributed by atoms with E-state index in [0.29, 0.717) is 18.7 Å². The highest BCUT2D eigenvalue weighted by Crippen LogP contribution is 2.27. The average Bonchev–Trinajstić information content (AvgIpc) is 2.91. The number of carbonyl (C=O) groups excluding carboxylic acids is 2. The van der Waals surface area contributed by atoms with Crippen LogP contribution in [0.5, 0.6) is 0 Å². The number of nitrogens with one attached hydrogen (secondary N) is 1. The first-order valence-electron chi connectivity index (χ1n) is 8.14. The number of fused-ring (bicyclic) bond motifs is 1. The summed E-state index contributed by atoms with van der Waals surface area (Å²) in [7, 11) is 0. The molecule has 1 atom stereocenters. The largest absolute Gasteiger partial charge is 0.349 e. The van der Waals surface area contributed by atoms with Gasteiger partial charge in [-0.1, -0.05) is 38.1 Å². The number of benzene rings is 1. The molecule has 5 nitrogen and oxygen atoms in total. The lowest BCUT2D eigenvalue weighted by atomic mass is 10.0. The maximum Gasteiger partial charge on any atom is 0.255 e. The maximum absolute atomic E-state index is 12.7. The van der Waals surface area contributed by atoms with Crippen LogP contribution in [-0.2, 0) is 17.9 Å². The summed E-state index contributed by atoms with van der Waals surface area (Å²) < 4.78 is 0. The molecule has 3 rings (SSSR count). The Morgan fingerprint density at radius 1 is 1.21 bits per heavy atom. The lowest BCUT2D eigenvalue weighted by Crippen LogP contribution is -2.49. The molecular formula is C19H21N3O2. The van der Waals surface area contributed by atoms with Gasteiger partial charge in [-0.15, -0.1) is 0 Å². The monoisotopic (exact) mass is 323 g/mol. The van der Waals surface area contributed by atoms with Gasteiger partial charge in [0.05, 0.1) is 12.2 Å². The Labute approximate surface area is 141 Å². The molecule has 2 amide bonds. The Morgan fingerprint density at radius 3 is 2.62 bits per heavy atom. The SMILES string of the molecule is CC(C)C(C(=O)NCc1ccccn1)N1Cc2ccccc2C1=O. The lowest BCUT2D eigenvalue weighted by Gasteiger charge is -2.29. The van der Waals surface area contributed by atoms with Crippen LogP contribution < -0.4 is 5.32 Å². The van der Waals surface area contributed by atoms with Crippen molar-refractivity contribution in [2.24, 2.45) is 5.92 Å². The highest BCUT2D eigenvalue weighted by Gasteiger charge is 2.37. The fourth-order valence-corrected chi connectivity index (χ4v) is 3.09. The third-order valence-corrected chi connectivity index (χ3v) is 4.26. The average molecular weight is 323 g/mol. The second-order valence-electron chi connectivity index (χ2n) is 6.32. The summed E-state index contributed by atoms with van der Waals surface area (Å²) in [5.74, 6) is -0.193. The molecule has 1 aliphatic rings. The normalized spacial score (nSPS) is 14.6. The fourth-order valence-electron chi connectivity index (χ4n) is 3.09. The van der Waals surface area contributed by atoms with E-state index in [1.54, 1.807) is 11.1 Å². The predicted molar refractivity (Wildman–Crippen MR) is 91.0 cm³/mol. The number of nitrogens with zero attached hydrogens (tertiary/aromatic N) is 2. The zero-order chi connectivity index (χ0) is 17.1. The second kappa shape index (κ2) is 6.83. The van der Waals surface area contributed by atoms with Gasteiger partial charge in [-0.25, -0.2) is 0 Å². The Hall–Kier alpha value is -2.69. The molecule has 2 heterocycles. The molecule has 0 saturated heterocycles. The third kappa shape index (κ3) is 3.15. The van der Waals surface area contributed by atoms with Crippen LogP contribution in [0.3, 0.4) is 0 Å². The van der Waals surface area contributed by atoms with Crippen molar-refractivity contribution in [2.45, 2.75) is 33.0 Å². The van der Waals surface area contributed by atoms with Crippen LogP contribution in [-0.4, -0.2) is 27.7 Å². The van der Waals surface area contributed by atoms with Gasteiger partial charge in [0.25, 0.3) is 5.91 Å². The van der Waals surface area contributed by atoms with Gasteiger partial charge in [0.1, 0.15) is 6.04 Å². The molecule has 0 bridgehead atoms. The number of carbonyl (C=O) groups is 2. The number of hydrogen-bond acceptors (Lipinski definition) is 3. The number of aromatic nitrogens is 1. The van der Waals surface area contributed by atoms with Crippen LogP contribution in [0, 0.1) is 5.92 Å². The summed E-state index contributed by atoms with van der Waals surface area (Å²) in [4.78, 5) is 31.2. The highest BCUT2D eigenvalue weighted by molar-refractivity contribution is 6.01. The van der Waals surface area contributed by atoms with E-state index in [2.05, 4.69) is 10.3 Å². The number of hydrogen-bond donors (Lipinski definition) is 1. The van der Waals surface area contributed by atoms with Gasteiger partial charge in [-0.2, -0.15) is 0 Å². The molecule has 0 fully saturated rings. The van der Waals surface area contributed by atoms with Crippen molar-refractivity contribution >= 4 is 11.8 Å². The van der Waals surface area contributed by atoms with E-state index in [-0.39, 0.29) is 17.7 Å². The van der Waals surface area contributed by atoms with Gasteiger partial charge in [-0.3, -0.25) is 14.6 Å². The van der Waals surface area contributed by atoms with E-state index >= 15 is 0 Å². The first kappa shape index (κ1) is 16.2. The second-order valence-corrected chi connectivity index (χ2v) is 6.32. The van der Waals surface area contributed by atoms with Crippen LogP contribution in [0.2, 0.25) is 0 Å². The summed E-state index contributed by atoms with van der Waals surface area (Å²) in [5.41, 5.74) is 2.47. The van der Waals surface area contributed by atoms with Crippen LogP contribution >= 0.6 is 0 Å². The van der Waals surface area contributed by atoms with Crippen molar-refractivity contribution in [1.29, 1.82) is 0 Å². The van der Waals surface area contributed by atoms with Gasteiger partial charge in [-0.05, 0) is 29.7 Å². The minimum Gasteiger partial charge on any atom is -0.349 e. The third-order valence-electron chi connectivity index (χ3n) is 4.26. The van der Waals surface area contributed by atoms with Crippen molar-refractivity contribution < 1.29 is 9.59 Å². The van der Waals surface area contributed by atoms with E-state index in [4.69, 9.17) is 0 Å².